The molecular weight excluding hydrogens is 277 g/mol. The predicted octanol–water partition coefficient (Wildman–Crippen LogP) is 4.80. The van der Waals surface area contributed by atoms with E-state index >= 15 is 0 Å². The fraction of sp³-hybridized carbons (Fsp3) is 0.375. The molecule has 1 aliphatic rings. The first-order chi connectivity index (χ1) is 9.65. The van der Waals surface area contributed by atoms with Crippen LogP contribution in [0.2, 0.25) is 5.02 Å². The van der Waals surface area contributed by atoms with Crippen molar-refractivity contribution in [3.8, 4) is 0 Å². The summed E-state index contributed by atoms with van der Waals surface area (Å²) in [6, 6.07) is 6.92. The van der Waals surface area contributed by atoms with Gasteiger partial charge in [0, 0.05) is 29.1 Å². The van der Waals surface area contributed by atoms with Crippen molar-refractivity contribution < 1.29 is 8.81 Å². The monoisotopic (exact) mass is 293 g/mol. The quantitative estimate of drug-likeness (QED) is 0.879. The van der Waals surface area contributed by atoms with E-state index in [9.17, 15) is 4.39 Å². The maximum Gasteiger partial charge on any atom is 0.124 e. The molecule has 2 atom stereocenters. The van der Waals surface area contributed by atoms with Gasteiger partial charge in [0.05, 0.1) is 6.26 Å². The van der Waals surface area contributed by atoms with Gasteiger partial charge >= 0.3 is 0 Å². The summed E-state index contributed by atoms with van der Waals surface area (Å²) >= 11 is 6.12. The van der Waals surface area contributed by atoms with Crippen molar-refractivity contribution in [1.82, 2.24) is 5.32 Å². The Kier molecular flexibility index (Phi) is 3.81. The third-order valence-electron chi connectivity index (χ3n) is 3.93. The van der Waals surface area contributed by atoms with Gasteiger partial charge in [0.2, 0.25) is 0 Å². The maximum atomic E-state index is 13.1. The number of hydrogen-bond donors (Lipinski definition) is 1. The minimum Gasteiger partial charge on any atom is -0.469 e. The fourth-order valence-electron chi connectivity index (χ4n) is 2.90. The molecule has 1 aromatic heterocycles. The Bertz CT molecular complexity index is 610. The highest BCUT2D eigenvalue weighted by Crippen LogP contribution is 2.33. The first-order valence-corrected chi connectivity index (χ1v) is 7.30. The van der Waals surface area contributed by atoms with Crippen LogP contribution in [0.25, 0.3) is 0 Å². The molecule has 0 spiro atoms. The summed E-state index contributed by atoms with van der Waals surface area (Å²) in [5.41, 5.74) is 2.16. The highest BCUT2D eigenvalue weighted by molar-refractivity contribution is 6.31. The molecule has 0 aliphatic heterocycles. The molecule has 0 saturated heterocycles. The summed E-state index contributed by atoms with van der Waals surface area (Å²) < 4.78 is 18.6. The number of nitrogens with one attached hydrogen (secondary N) is 1. The predicted molar refractivity (Wildman–Crippen MR) is 77.3 cm³/mol. The van der Waals surface area contributed by atoms with Crippen LogP contribution in [0.15, 0.2) is 34.9 Å². The van der Waals surface area contributed by atoms with Crippen molar-refractivity contribution >= 4 is 11.6 Å². The van der Waals surface area contributed by atoms with Crippen LogP contribution in [0.1, 0.15) is 48.7 Å². The third-order valence-corrected chi connectivity index (χ3v) is 4.26. The van der Waals surface area contributed by atoms with E-state index in [4.69, 9.17) is 16.0 Å². The minimum absolute atomic E-state index is 0.0638. The second kappa shape index (κ2) is 5.58. The zero-order chi connectivity index (χ0) is 14.1. The van der Waals surface area contributed by atoms with E-state index in [1.54, 1.807) is 12.3 Å². The van der Waals surface area contributed by atoms with Gasteiger partial charge in [-0.3, -0.25) is 0 Å². The molecule has 1 heterocycles. The van der Waals surface area contributed by atoms with E-state index in [0.717, 1.165) is 30.6 Å². The number of aryl methyl sites for hydroxylation is 1. The lowest BCUT2D eigenvalue weighted by Gasteiger charge is -2.27. The molecule has 0 saturated carbocycles. The van der Waals surface area contributed by atoms with Crippen LogP contribution >= 0.6 is 11.6 Å². The van der Waals surface area contributed by atoms with Crippen molar-refractivity contribution in [2.24, 2.45) is 0 Å². The van der Waals surface area contributed by atoms with Gasteiger partial charge in [-0.25, -0.2) is 4.39 Å². The van der Waals surface area contributed by atoms with Crippen LogP contribution < -0.4 is 5.32 Å². The maximum absolute atomic E-state index is 13.1. The van der Waals surface area contributed by atoms with Crippen molar-refractivity contribution in [2.45, 2.75) is 38.3 Å². The normalized spacial score (nSPS) is 19.6. The molecule has 106 valence electrons. The Morgan fingerprint density at radius 2 is 2.25 bits per heavy atom. The minimum atomic E-state index is -0.305. The zero-order valence-corrected chi connectivity index (χ0v) is 12.1. The first-order valence-electron chi connectivity index (χ1n) is 6.92. The largest absolute Gasteiger partial charge is 0.469 e. The number of hydrogen-bond acceptors (Lipinski definition) is 2. The molecule has 0 fully saturated rings. The number of halogens is 2. The average Bonchev–Trinajstić information content (AvgIpc) is 2.87. The molecule has 20 heavy (non-hydrogen) atoms. The number of fused-ring (bicyclic) bond motifs is 1. The number of furan rings is 1. The van der Waals surface area contributed by atoms with Crippen LogP contribution in [0, 0.1) is 5.82 Å². The topological polar surface area (TPSA) is 25.2 Å². The summed E-state index contributed by atoms with van der Waals surface area (Å²) in [5.74, 6) is 0.770. The SMILES string of the molecule is CC(NC1CCCc2occc21)c1ccc(F)cc1Cl. The van der Waals surface area contributed by atoms with Crippen LogP contribution in [-0.2, 0) is 6.42 Å². The zero-order valence-electron chi connectivity index (χ0n) is 11.3. The van der Waals surface area contributed by atoms with E-state index in [2.05, 4.69) is 5.32 Å². The molecule has 1 aliphatic carbocycles. The molecule has 0 amide bonds. The van der Waals surface area contributed by atoms with Gasteiger partial charge in [-0.1, -0.05) is 17.7 Å². The molecule has 0 radical (unpaired) electrons. The van der Waals surface area contributed by atoms with E-state index in [1.807, 2.05) is 13.0 Å². The summed E-state index contributed by atoms with van der Waals surface area (Å²) in [6.45, 7) is 2.05. The lowest BCUT2D eigenvalue weighted by molar-refractivity contribution is 0.385. The molecule has 2 aromatic rings. The van der Waals surface area contributed by atoms with Gasteiger partial charge in [-0.05, 0) is 43.5 Å². The summed E-state index contributed by atoms with van der Waals surface area (Å²) in [5, 5.41) is 4.04. The molecule has 0 bridgehead atoms. The molecule has 1 aromatic carbocycles. The Morgan fingerprint density at radius 1 is 1.40 bits per heavy atom. The van der Waals surface area contributed by atoms with Crippen LogP contribution in [0.4, 0.5) is 4.39 Å². The molecule has 1 N–H and O–H groups in total. The summed E-state index contributed by atoms with van der Waals surface area (Å²) in [4.78, 5) is 0. The van der Waals surface area contributed by atoms with Crippen LogP contribution in [-0.4, -0.2) is 0 Å². The summed E-state index contributed by atoms with van der Waals surface area (Å²) in [7, 11) is 0. The van der Waals surface area contributed by atoms with Crippen molar-refractivity contribution in [2.75, 3.05) is 0 Å². The smallest absolute Gasteiger partial charge is 0.124 e. The number of rotatable bonds is 3. The van der Waals surface area contributed by atoms with Gasteiger partial charge in [-0.15, -0.1) is 0 Å². The standard InChI is InChI=1S/C16H17ClFNO/c1-10(12-6-5-11(18)9-14(12)17)19-15-3-2-4-16-13(15)7-8-20-16/h5-10,15,19H,2-4H2,1H3. The Morgan fingerprint density at radius 3 is 3.05 bits per heavy atom. The second-order valence-electron chi connectivity index (χ2n) is 5.30. The van der Waals surface area contributed by atoms with Crippen molar-refractivity contribution in [1.29, 1.82) is 0 Å². The fourth-order valence-corrected chi connectivity index (χ4v) is 3.23. The van der Waals surface area contributed by atoms with Gasteiger partial charge < -0.3 is 9.73 Å². The summed E-state index contributed by atoms with van der Waals surface area (Å²) in [6.07, 6.45) is 4.95. The van der Waals surface area contributed by atoms with Gasteiger partial charge in [0.15, 0.2) is 0 Å². The van der Waals surface area contributed by atoms with Gasteiger partial charge in [0.25, 0.3) is 0 Å². The highest BCUT2D eigenvalue weighted by atomic mass is 35.5. The van der Waals surface area contributed by atoms with Gasteiger partial charge in [0.1, 0.15) is 11.6 Å². The second-order valence-corrected chi connectivity index (χ2v) is 5.71. The molecule has 4 heteroatoms. The molecule has 3 rings (SSSR count). The third kappa shape index (κ3) is 2.60. The Labute approximate surface area is 122 Å². The highest BCUT2D eigenvalue weighted by Gasteiger charge is 2.24. The van der Waals surface area contributed by atoms with Crippen molar-refractivity contribution in [3.05, 3.63) is 58.3 Å². The molecular formula is C16H17ClFNO. The lowest BCUT2D eigenvalue weighted by Crippen LogP contribution is -2.27. The van der Waals surface area contributed by atoms with Gasteiger partial charge in [-0.2, -0.15) is 0 Å². The lowest BCUT2D eigenvalue weighted by atomic mass is 9.92. The van der Waals surface area contributed by atoms with E-state index in [0.29, 0.717) is 5.02 Å². The van der Waals surface area contributed by atoms with Crippen LogP contribution in [0.5, 0.6) is 0 Å². The Balaban J connectivity index is 1.79. The molecule has 2 nitrogen and oxygen atoms in total. The first kappa shape index (κ1) is 13.7. The van der Waals surface area contributed by atoms with E-state index in [-0.39, 0.29) is 17.9 Å². The van der Waals surface area contributed by atoms with E-state index in [1.165, 1.54) is 17.7 Å². The number of benzene rings is 1. The van der Waals surface area contributed by atoms with Crippen LogP contribution in [0.3, 0.4) is 0 Å². The average molecular weight is 294 g/mol. The van der Waals surface area contributed by atoms with E-state index < -0.39 is 0 Å². The van der Waals surface area contributed by atoms with Crippen molar-refractivity contribution in [3.63, 3.8) is 0 Å². The Hall–Kier alpha value is -1.32. The molecule has 2 unspecified atom stereocenters.